The molecule has 0 saturated heterocycles. The molecule has 0 bridgehead atoms. The third-order valence-corrected chi connectivity index (χ3v) is 1.71. The number of ether oxygens (including phenoxy) is 2. The molecule has 0 aromatic heterocycles. The molecule has 88 valence electrons. The Bertz CT molecular complexity index is 286. The van der Waals surface area contributed by atoms with E-state index in [9.17, 15) is 9.59 Å². The molecule has 0 rings (SSSR count). The summed E-state index contributed by atoms with van der Waals surface area (Å²) in [6.45, 7) is 3.73. The van der Waals surface area contributed by atoms with Crippen LogP contribution in [0.5, 0.6) is 0 Å². The third kappa shape index (κ3) is 5.15. The lowest BCUT2D eigenvalue weighted by Gasteiger charge is -2.11. The Hall–Kier alpha value is -1.83. The fraction of sp³-hybridized carbons (Fsp3) is 0.545. The molecule has 0 aliphatic carbocycles. The van der Waals surface area contributed by atoms with Crippen LogP contribution in [0.25, 0.3) is 0 Å². The molecule has 0 atom stereocenters. The molecule has 0 saturated carbocycles. The topological polar surface area (TPSA) is 76.4 Å². The summed E-state index contributed by atoms with van der Waals surface area (Å²) in [6.07, 6.45) is 2.77. The summed E-state index contributed by atoms with van der Waals surface area (Å²) >= 11 is 0. The van der Waals surface area contributed by atoms with Crippen molar-refractivity contribution in [3.63, 3.8) is 0 Å². The van der Waals surface area contributed by atoms with Gasteiger partial charge in [0.05, 0.1) is 19.3 Å². The Morgan fingerprint density at radius 3 is 2.12 bits per heavy atom. The van der Waals surface area contributed by atoms with E-state index in [1.807, 2.05) is 0 Å². The molecule has 0 aliphatic heterocycles. The van der Waals surface area contributed by atoms with Crippen molar-refractivity contribution in [1.82, 2.24) is 0 Å². The van der Waals surface area contributed by atoms with Crippen LogP contribution in [0.3, 0.4) is 0 Å². The molecule has 0 fully saturated rings. The number of nitrogens with zero attached hydrogens (tertiary/aromatic N) is 1. The Labute approximate surface area is 94.6 Å². The summed E-state index contributed by atoms with van der Waals surface area (Å²) in [5, 5.41) is 8.29. The van der Waals surface area contributed by atoms with Crippen LogP contribution in [0.15, 0.2) is 12.2 Å². The van der Waals surface area contributed by atoms with Crippen molar-refractivity contribution < 1.29 is 19.1 Å². The van der Waals surface area contributed by atoms with Crippen molar-refractivity contribution in [1.29, 1.82) is 5.26 Å². The summed E-state index contributed by atoms with van der Waals surface area (Å²) in [5.41, 5.74) is 0. The lowest BCUT2D eigenvalue weighted by atomic mass is 10.1. The van der Waals surface area contributed by atoms with Gasteiger partial charge in [0.1, 0.15) is 0 Å². The molecule has 5 heteroatoms. The number of esters is 2. The number of hydrogen-bond acceptors (Lipinski definition) is 5. The molecule has 0 unspecified atom stereocenters. The average Bonchev–Trinajstić information content (AvgIpc) is 2.25. The maximum absolute atomic E-state index is 11.4. The molecule has 16 heavy (non-hydrogen) atoms. The highest BCUT2D eigenvalue weighted by Gasteiger charge is 2.27. The van der Waals surface area contributed by atoms with Gasteiger partial charge >= 0.3 is 11.9 Å². The van der Waals surface area contributed by atoms with E-state index in [1.54, 1.807) is 19.9 Å². The van der Waals surface area contributed by atoms with Crippen LogP contribution in [0.1, 0.15) is 20.3 Å². The molecule has 5 nitrogen and oxygen atoms in total. The van der Waals surface area contributed by atoms with E-state index < -0.39 is 17.9 Å². The second-order valence-electron chi connectivity index (χ2n) is 2.82. The average molecular weight is 225 g/mol. The van der Waals surface area contributed by atoms with Gasteiger partial charge in [-0.3, -0.25) is 9.59 Å². The van der Waals surface area contributed by atoms with E-state index in [-0.39, 0.29) is 19.6 Å². The predicted molar refractivity (Wildman–Crippen MR) is 56.1 cm³/mol. The highest BCUT2D eigenvalue weighted by atomic mass is 16.6. The van der Waals surface area contributed by atoms with Crippen LogP contribution in [0.2, 0.25) is 0 Å². The molecule has 0 aliphatic rings. The molecule has 0 spiro atoms. The highest BCUT2D eigenvalue weighted by molar-refractivity contribution is 5.95. The van der Waals surface area contributed by atoms with Gasteiger partial charge in [-0.05, 0) is 20.3 Å². The van der Waals surface area contributed by atoms with E-state index in [4.69, 9.17) is 14.7 Å². The standard InChI is InChI=1S/C11H15NO4/c1-3-15-10(13)9(7-5-6-8-12)11(14)16-4-2/h5-6,9H,3-4,7H2,1-2H3. The van der Waals surface area contributed by atoms with Crippen LogP contribution in [0, 0.1) is 17.2 Å². The van der Waals surface area contributed by atoms with Gasteiger partial charge in [-0.25, -0.2) is 0 Å². The van der Waals surface area contributed by atoms with Crippen molar-refractivity contribution in [3.05, 3.63) is 12.2 Å². The fourth-order valence-electron chi connectivity index (χ4n) is 1.03. The van der Waals surface area contributed by atoms with Crippen LogP contribution in [-0.2, 0) is 19.1 Å². The molecular weight excluding hydrogens is 210 g/mol. The van der Waals surface area contributed by atoms with Gasteiger partial charge in [0.15, 0.2) is 5.92 Å². The van der Waals surface area contributed by atoms with E-state index >= 15 is 0 Å². The van der Waals surface area contributed by atoms with Crippen molar-refractivity contribution in [2.45, 2.75) is 20.3 Å². The molecule has 0 N–H and O–H groups in total. The first-order valence-corrected chi connectivity index (χ1v) is 5.05. The van der Waals surface area contributed by atoms with Crippen LogP contribution in [-0.4, -0.2) is 25.2 Å². The first-order valence-electron chi connectivity index (χ1n) is 5.05. The maximum Gasteiger partial charge on any atom is 0.320 e. The van der Waals surface area contributed by atoms with Gasteiger partial charge in [0.2, 0.25) is 0 Å². The number of allylic oxidation sites excluding steroid dienone is 2. The highest BCUT2D eigenvalue weighted by Crippen LogP contribution is 2.09. The van der Waals surface area contributed by atoms with Gasteiger partial charge in [-0.2, -0.15) is 5.26 Å². The fourth-order valence-corrected chi connectivity index (χ4v) is 1.03. The van der Waals surface area contributed by atoms with E-state index in [0.717, 1.165) is 0 Å². The second kappa shape index (κ2) is 8.48. The minimum Gasteiger partial charge on any atom is -0.465 e. The number of hydrogen-bond donors (Lipinski definition) is 0. The number of carbonyl (C=O) groups is 2. The zero-order chi connectivity index (χ0) is 12.4. The van der Waals surface area contributed by atoms with Crippen molar-refractivity contribution >= 4 is 11.9 Å². The molecule has 0 radical (unpaired) electrons. The summed E-state index contributed by atoms with van der Waals surface area (Å²) in [4.78, 5) is 22.8. The number of rotatable bonds is 6. The van der Waals surface area contributed by atoms with Gasteiger partial charge < -0.3 is 9.47 Å². The summed E-state index contributed by atoms with van der Waals surface area (Å²) in [6, 6.07) is 1.78. The maximum atomic E-state index is 11.4. The SMILES string of the molecule is CCOC(=O)C(CC=CC#N)C(=O)OCC. The lowest BCUT2D eigenvalue weighted by molar-refractivity contribution is -0.161. The van der Waals surface area contributed by atoms with Crippen molar-refractivity contribution in [2.75, 3.05) is 13.2 Å². The molecule has 0 amide bonds. The number of nitriles is 1. The molecule has 0 aromatic rings. The van der Waals surface area contributed by atoms with Gasteiger partial charge in [-0.15, -0.1) is 0 Å². The second-order valence-corrected chi connectivity index (χ2v) is 2.82. The molecular formula is C11H15NO4. The van der Waals surface area contributed by atoms with Crippen LogP contribution >= 0.6 is 0 Å². The van der Waals surface area contributed by atoms with Gasteiger partial charge in [0.25, 0.3) is 0 Å². The first kappa shape index (κ1) is 14.2. The summed E-state index contributed by atoms with van der Waals surface area (Å²) < 4.78 is 9.49. The summed E-state index contributed by atoms with van der Waals surface area (Å²) in [5.74, 6) is -2.23. The van der Waals surface area contributed by atoms with Gasteiger partial charge in [-0.1, -0.05) is 6.08 Å². The van der Waals surface area contributed by atoms with Crippen LogP contribution < -0.4 is 0 Å². The van der Waals surface area contributed by atoms with Gasteiger partial charge in [0, 0.05) is 6.08 Å². The molecule has 0 aromatic carbocycles. The van der Waals surface area contributed by atoms with E-state index in [0.29, 0.717) is 0 Å². The lowest BCUT2D eigenvalue weighted by Crippen LogP contribution is -2.27. The monoisotopic (exact) mass is 225 g/mol. The minimum atomic E-state index is -0.982. The van der Waals surface area contributed by atoms with Crippen molar-refractivity contribution in [3.8, 4) is 6.07 Å². The Morgan fingerprint density at radius 2 is 1.75 bits per heavy atom. The first-order chi connectivity index (χ1) is 7.67. The Morgan fingerprint density at radius 1 is 1.25 bits per heavy atom. The van der Waals surface area contributed by atoms with E-state index in [2.05, 4.69) is 0 Å². The molecule has 0 heterocycles. The largest absolute Gasteiger partial charge is 0.465 e. The Balaban J connectivity index is 4.50. The zero-order valence-electron chi connectivity index (χ0n) is 9.43. The minimum absolute atomic E-state index is 0.116. The zero-order valence-corrected chi connectivity index (χ0v) is 9.43. The number of carbonyl (C=O) groups excluding carboxylic acids is 2. The normalized spacial score (nSPS) is 10.1. The van der Waals surface area contributed by atoms with E-state index in [1.165, 1.54) is 12.2 Å². The smallest absolute Gasteiger partial charge is 0.320 e. The van der Waals surface area contributed by atoms with Crippen molar-refractivity contribution in [2.24, 2.45) is 5.92 Å². The third-order valence-electron chi connectivity index (χ3n) is 1.71. The Kier molecular flexibility index (Phi) is 7.51. The quantitative estimate of drug-likeness (QED) is 0.385. The summed E-state index contributed by atoms with van der Waals surface area (Å²) in [7, 11) is 0. The van der Waals surface area contributed by atoms with Crippen LogP contribution in [0.4, 0.5) is 0 Å². The predicted octanol–water partition coefficient (Wildman–Crippen LogP) is 1.20.